The second-order valence-corrected chi connectivity index (χ2v) is 3.93. The van der Waals surface area contributed by atoms with Gasteiger partial charge in [0.15, 0.2) is 5.69 Å². The Kier molecular flexibility index (Phi) is 3.48. The lowest BCUT2D eigenvalue weighted by atomic mass is 10.2. The first-order chi connectivity index (χ1) is 9.13. The van der Waals surface area contributed by atoms with Gasteiger partial charge in [0.1, 0.15) is 5.75 Å². The summed E-state index contributed by atoms with van der Waals surface area (Å²) in [5.41, 5.74) is 1.34. The normalized spacial score (nSPS) is 9.68. The number of benzene rings is 1. The van der Waals surface area contributed by atoms with Crippen LogP contribution in [0, 0.1) is 12.3 Å². The minimum atomic E-state index is -0.396. The average Bonchev–Trinajstić information content (AvgIpc) is 2.46. The number of aromatic hydroxyl groups is 1. The van der Waals surface area contributed by atoms with Crippen molar-refractivity contribution in [3.8, 4) is 18.1 Å². The predicted molar refractivity (Wildman–Crippen MR) is 73.0 cm³/mol. The molecule has 1 heterocycles. The van der Waals surface area contributed by atoms with Crippen LogP contribution in [0.4, 0.5) is 5.69 Å². The lowest BCUT2D eigenvalue weighted by Crippen LogP contribution is -2.27. The summed E-state index contributed by atoms with van der Waals surface area (Å²) >= 11 is 0. The SMILES string of the molecule is C#Cc1cccc(N(C)C(=O)c2ncccc2O)c1. The van der Waals surface area contributed by atoms with Crippen LogP contribution >= 0.6 is 0 Å². The molecule has 1 amide bonds. The molecule has 0 saturated carbocycles. The molecule has 0 bridgehead atoms. The molecule has 94 valence electrons. The first-order valence-electron chi connectivity index (χ1n) is 5.62. The van der Waals surface area contributed by atoms with E-state index in [1.54, 1.807) is 37.4 Å². The van der Waals surface area contributed by atoms with E-state index in [1.807, 2.05) is 0 Å². The van der Waals surface area contributed by atoms with Crippen LogP contribution in [0.1, 0.15) is 16.1 Å². The molecule has 2 aromatic rings. The second-order valence-electron chi connectivity index (χ2n) is 3.93. The van der Waals surface area contributed by atoms with Crippen molar-refractivity contribution in [2.24, 2.45) is 0 Å². The molecule has 1 aromatic carbocycles. The maximum absolute atomic E-state index is 12.2. The summed E-state index contributed by atoms with van der Waals surface area (Å²) in [6.45, 7) is 0. The molecule has 0 aliphatic heterocycles. The molecule has 1 N–H and O–H groups in total. The molecule has 0 aliphatic rings. The van der Waals surface area contributed by atoms with E-state index in [9.17, 15) is 9.90 Å². The van der Waals surface area contributed by atoms with Crippen LogP contribution in [-0.2, 0) is 0 Å². The van der Waals surface area contributed by atoms with Gasteiger partial charge < -0.3 is 10.0 Å². The number of hydrogen-bond donors (Lipinski definition) is 1. The van der Waals surface area contributed by atoms with Crippen LogP contribution in [-0.4, -0.2) is 23.0 Å². The molecule has 4 nitrogen and oxygen atoms in total. The van der Waals surface area contributed by atoms with Crippen molar-refractivity contribution in [3.63, 3.8) is 0 Å². The predicted octanol–water partition coefficient (Wildman–Crippen LogP) is 2.05. The van der Waals surface area contributed by atoms with Gasteiger partial charge in [0.25, 0.3) is 5.91 Å². The Balaban J connectivity index is 2.34. The maximum atomic E-state index is 12.2. The number of carbonyl (C=O) groups is 1. The first-order valence-corrected chi connectivity index (χ1v) is 5.62. The van der Waals surface area contributed by atoms with Gasteiger partial charge >= 0.3 is 0 Å². The van der Waals surface area contributed by atoms with E-state index in [2.05, 4.69) is 10.9 Å². The molecule has 0 fully saturated rings. The van der Waals surface area contributed by atoms with Crippen LogP contribution in [0.25, 0.3) is 0 Å². The second kappa shape index (κ2) is 5.23. The summed E-state index contributed by atoms with van der Waals surface area (Å²) in [5, 5.41) is 9.64. The van der Waals surface area contributed by atoms with E-state index in [0.29, 0.717) is 11.3 Å². The third kappa shape index (κ3) is 2.55. The average molecular weight is 252 g/mol. The van der Waals surface area contributed by atoms with Crippen LogP contribution < -0.4 is 4.90 Å². The summed E-state index contributed by atoms with van der Waals surface area (Å²) in [4.78, 5) is 17.5. The number of carbonyl (C=O) groups excluding carboxylic acids is 1. The van der Waals surface area contributed by atoms with Crippen molar-refractivity contribution < 1.29 is 9.90 Å². The number of amides is 1. The van der Waals surface area contributed by atoms with Crippen molar-refractivity contribution in [2.75, 3.05) is 11.9 Å². The van der Waals surface area contributed by atoms with Gasteiger partial charge in [-0.25, -0.2) is 4.98 Å². The number of nitrogens with zero attached hydrogens (tertiary/aromatic N) is 2. The molecule has 19 heavy (non-hydrogen) atoms. The van der Waals surface area contributed by atoms with Crippen LogP contribution in [0.15, 0.2) is 42.6 Å². The highest BCUT2D eigenvalue weighted by atomic mass is 16.3. The van der Waals surface area contributed by atoms with E-state index in [4.69, 9.17) is 6.42 Å². The molecule has 0 saturated heterocycles. The Morgan fingerprint density at radius 1 is 1.37 bits per heavy atom. The van der Waals surface area contributed by atoms with Gasteiger partial charge in [0.05, 0.1) is 0 Å². The monoisotopic (exact) mass is 252 g/mol. The van der Waals surface area contributed by atoms with E-state index < -0.39 is 5.91 Å². The minimum absolute atomic E-state index is 0.0103. The van der Waals surface area contributed by atoms with Crippen LogP contribution in [0.5, 0.6) is 5.75 Å². The van der Waals surface area contributed by atoms with E-state index in [1.165, 1.54) is 17.2 Å². The maximum Gasteiger partial charge on any atom is 0.280 e. The Morgan fingerprint density at radius 2 is 2.16 bits per heavy atom. The number of aromatic nitrogens is 1. The smallest absolute Gasteiger partial charge is 0.280 e. The van der Waals surface area contributed by atoms with Crippen molar-refractivity contribution in [2.45, 2.75) is 0 Å². The van der Waals surface area contributed by atoms with Crippen molar-refractivity contribution in [1.82, 2.24) is 4.98 Å². The summed E-state index contributed by atoms with van der Waals surface area (Å²) in [7, 11) is 1.60. The molecule has 2 rings (SSSR count). The molecule has 0 spiro atoms. The molecule has 0 unspecified atom stereocenters. The fourth-order valence-corrected chi connectivity index (χ4v) is 1.64. The fraction of sp³-hybridized carbons (Fsp3) is 0.0667. The van der Waals surface area contributed by atoms with Gasteiger partial charge in [0, 0.05) is 24.5 Å². The zero-order chi connectivity index (χ0) is 13.8. The minimum Gasteiger partial charge on any atom is -0.505 e. The summed E-state index contributed by atoms with van der Waals surface area (Å²) in [6, 6.07) is 10.0. The number of hydrogen-bond acceptors (Lipinski definition) is 3. The van der Waals surface area contributed by atoms with Gasteiger partial charge in [-0.3, -0.25) is 4.79 Å². The van der Waals surface area contributed by atoms with Gasteiger partial charge in [-0.15, -0.1) is 6.42 Å². The number of anilines is 1. The molecule has 1 aromatic heterocycles. The van der Waals surface area contributed by atoms with Gasteiger partial charge in [-0.2, -0.15) is 0 Å². The topological polar surface area (TPSA) is 53.4 Å². The molecule has 4 heteroatoms. The van der Waals surface area contributed by atoms with Gasteiger partial charge in [-0.1, -0.05) is 12.0 Å². The third-order valence-corrected chi connectivity index (χ3v) is 2.69. The third-order valence-electron chi connectivity index (χ3n) is 2.69. The van der Waals surface area contributed by atoms with E-state index in [0.717, 1.165) is 0 Å². The van der Waals surface area contributed by atoms with Gasteiger partial charge in [-0.05, 0) is 30.3 Å². The van der Waals surface area contributed by atoms with Gasteiger partial charge in [0.2, 0.25) is 0 Å². The highest BCUT2D eigenvalue weighted by molar-refractivity contribution is 6.06. The molecule has 0 radical (unpaired) electrons. The summed E-state index contributed by atoms with van der Waals surface area (Å²) in [6.07, 6.45) is 6.78. The van der Waals surface area contributed by atoms with E-state index in [-0.39, 0.29) is 11.4 Å². The van der Waals surface area contributed by atoms with E-state index >= 15 is 0 Å². The molecule has 0 atom stereocenters. The van der Waals surface area contributed by atoms with Crippen LogP contribution in [0.2, 0.25) is 0 Å². The Morgan fingerprint density at radius 3 is 2.84 bits per heavy atom. The fourth-order valence-electron chi connectivity index (χ4n) is 1.64. The number of rotatable bonds is 2. The Labute approximate surface area is 111 Å². The Hall–Kier alpha value is -2.80. The number of terminal acetylenes is 1. The summed E-state index contributed by atoms with van der Waals surface area (Å²) < 4.78 is 0. The Bertz CT molecular complexity index is 659. The highest BCUT2D eigenvalue weighted by Gasteiger charge is 2.18. The molecule has 0 aliphatic carbocycles. The lowest BCUT2D eigenvalue weighted by molar-refractivity contribution is 0.0985. The first kappa shape index (κ1) is 12.7. The number of pyridine rings is 1. The lowest BCUT2D eigenvalue weighted by Gasteiger charge is -2.17. The zero-order valence-electron chi connectivity index (χ0n) is 10.4. The zero-order valence-corrected chi connectivity index (χ0v) is 10.4. The molecular formula is C15H12N2O2. The quantitative estimate of drug-likeness (QED) is 0.832. The van der Waals surface area contributed by atoms with Crippen molar-refractivity contribution in [1.29, 1.82) is 0 Å². The molecular weight excluding hydrogens is 240 g/mol. The standard InChI is InChI=1S/C15H12N2O2/c1-3-11-6-4-7-12(10-11)17(2)15(19)14-13(18)8-5-9-16-14/h1,4-10,18H,2H3. The largest absolute Gasteiger partial charge is 0.505 e. The highest BCUT2D eigenvalue weighted by Crippen LogP contribution is 2.20. The van der Waals surface area contributed by atoms with Crippen molar-refractivity contribution in [3.05, 3.63) is 53.9 Å². The van der Waals surface area contributed by atoms with Crippen molar-refractivity contribution >= 4 is 11.6 Å². The summed E-state index contributed by atoms with van der Waals surface area (Å²) in [5.74, 6) is 1.97. The van der Waals surface area contributed by atoms with Crippen LogP contribution in [0.3, 0.4) is 0 Å².